The number of anilines is 1. The molecule has 25 heavy (non-hydrogen) atoms. The van der Waals surface area contributed by atoms with Crippen molar-refractivity contribution >= 4 is 39.2 Å². The maximum atomic E-state index is 13.8. The lowest BCUT2D eigenvalue weighted by molar-refractivity contribution is 0.439. The topological polar surface area (TPSA) is 88.6 Å². The molecule has 0 bridgehead atoms. The van der Waals surface area contributed by atoms with E-state index in [-0.39, 0.29) is 17.0 Å². The van der Waals surface area contributed by atoms with Crippen molar-refractivity contribution in [2.24, 2.45) is 0 Å². The summed E-state index contributed by atoms with van der Waals surface area (Å²) in [5, 5.41) is 4.22. The van der Waals surface area contributed by atoms with E-state index in [1.807, 2.05) is 0 Å². The van der Waals surface area contributed by atoms with Crippen LogP contribution in [0.3, 0.4) is 0 Å². The molecule has 0 aliphatic rings. The van der Waals surface area contributed by atoms with Crippen molar-refractivity contribution in [3.05, 3.63) is 41.3 Å². The number of benzene rings is 1. The Balaban J connectivity index is 1.87. The summed E-state index contributed by atoms with van der Waals surface area (Å²) in [6.07, 6.45) is 3.03. The van der Waals surface area contributed by atoms with Gasteiger partial charge in [0.25, 0.3) is 0 Å². The predicted octanol–water partition coefficient (Wildman–Crippen LogP) is 3.84. The number of aromatic nitrogens is 5. The molecule has 7 nitrogen and oxygen atoms in total. The number of aryl methyl sites for hydroxylation is 1. The second-order valence-electron chi connectivity index (χ2n) is 5.34. The highest BCUT2D eigenvalue weighted by Crippen LogP contribution is 2.35. The van der Waals surface area contributed by atoms with Crippen LogP contribution in [0, 0.1) is 12.7 Å². The lowest BCUT2D eigenvalue weighted by atomic mass is 10.2. The van der Waals surface area contributed by atoms with Crippen LogP contribution in [-0.4, -0.2) is 32.0 Å². The molecule has 0 radical (unpaired) electrons. The lowest BCUT2D eigenvalue weighted by Crippen LogP contribution is -1.95. The van der Waals surface area contributed by atoms with E-state index in [9.17, 15) is 4.39 Å². The fraction of sp³-hybridized carbons (Fsp3) is 0.125. The lowest BCUT2D eigenvalue weighted by Gasteiger charge is -2.04. The Labute approximate surface area is 146 Å². The predicted molar refractivity (Wildman–Crippen MR) is 92.8 cm³/mol. The van der Waals surface area contributed by atoms with Crippen LogP contribution in [0.15, 0.2) is 24.5 Å². The minimum atomic E-state index is -0.383. The van der Waals surface area contributed by atoms with Gasteiger partial charge in [-0.05, 0) is 19.1 Å². The molecule has 0 saturated carbocycles. The Hall–Kier alpha value is -3.00. The van der Waals surface area contributed by atoms with Crippen LogP contribution in [0.25, 0.3) is 21.9 Å². The number of halogens is 2. The van der Waals surface area contributed by atoms with Gasteiger partial charge >= 0.3 is 6.01 Å². The number of rotatable bonds is 3. The Morgan fingerprint density at radius 2 is 1.96 bits per heavy atom. The molecule has 9 heteroatoms. The van der Waals surface area contributed by atoms with Gasteiger partial charge in [0.15, 0.2) is 5.75 Å². The zero-order valence-corrected chi connectivity index (χ0v) is 14.0. The average Bonchev–Trinajstić information content (AvgIpc) is 2.95. The molecular weight excluding hydrogens is 347 g/mol. The maximum Gasteiger partial charge on any atom is 0.325 e. The van der Waals surface area contributed by atoms with Crippen molar-refractivity contribution in [3.8, 4) is 11.8 Å². The molecule has 4 rings (SSSR count). The molecular formula is C16H12ClFN6O. The molecule has 0 aliphatic heterocycles. The molecule has 3 aromatic heterocycles. The van der Waals surface area contributed by atoms with E-state index in [0.29, 0.717) is 39.2 Å². The van der Waals surface area contributed by atoms with E-state index < -0.39 is 0 Å². The van der Waals surface area contributed by atoms with Crippen molar-refractivity contribution in [1.29, 1.82) is 0 Å². The molecule has 2 N–H and O–H groups in total. The van der Waals surface area contributed by atoms with Crippen molar-refractivity contribution < 1.29 is 9.13 Å². The van der Waals surface area contributed by atoms with E-state index in [2.05, 4.69) is 30.2 Å². The molecule has 0 aliphatic carbocycles. The van der Waals surface area contributed by atoms with Gasteiger partial charge in [-0.1, -0.05) is 11.6 Å². The van der Waals surface area contributed by atoms with E-state index in [1.54, 1.807) is 14.0 Å². The summed E-state index contributed by atoms with van der Waals surface area (Å²) < 4.78 is 19.4. The molecule has 0 saturated heterocycles. The highest BCUT2D eigenvalue weighted by atomic mass is 35.5. The standard InChI is InChI=1S/C16H12ClFN6O/c1-7-20-5-9(6-21-7)25-16-23-14(17)12-10-3-8(18)4-11(19-2)13(10)22-15(12)24-16/h3-6,19H,1-2H3,(H,22,23,24). The normalized spacial score (nSPS) is 11.2. The third kappa shape index (κ3) is 2.70. The van der Waals surface area contributed by atoms with Crippen LogP contribution in [0.5, 0.6) is 11.8 Å². The minimum Gasteiger partial charge on any atom is -0.421 e. The summed E-state index contributed by atoms with van der Waals surface area (Å²) in [5.74, 6) is 0.629. The van der Waals surface area contributed by atoms with Gasteiger partial charge in [-0.15, -0.1) is 0 Å². The molecule has 1 aromatic carbocycles. The first-order valence-corrected chi connectivity index (χ1v) is 7.75. The monoisotopic (exact) mass is 358 g/mol. The number of ether oxygens (including phenoxy) is 1. The Kier molecular flexibility index (Phi) is 3.61. The van der Waals surface area contributed by atoms with Crippen LogP contribution < -0.4 is 10.1 Å². The van der Waals surface area contributed by atoms with Crippen LogP contribution in [0.2, 0.25) is 5.15 Å². The van der Waals surface area contributed by atoms with Gasteiger partial charge in [-0.3, -0.25) is 0 Å². The van der Waals surface area contributed by atoms with Gasteiger partial charge in [-0.25, -0.2) is 14.4 Å². The first kappa shape index (κ1) is 15.5. The number of H-pyrrole nitrogens is 1. The molecule has 0 amide bonds. The Morgan fingerprint density at radius 3 is 2.68 bits per heavy atom. The number of aromatic amines is 1. The number of hydrogen-bond donors (Lipinski definition) is 2. The molecule has 0 spiro atoms. The molecule has 0 unspecified atom stereocenters. The van der Waals surface area contributed by atoms with E-state index >= 15 is 0 Å². The largest absolute Gasteiger partial charge is 0.421 e. The highest BCUT2D eigenvalue weighted by Gasteiger charge is 2.16. The summed E-state index contributed by atoms with van der Waals surface area (Å²) in [5.41, 5.74) is 1.73. The highest BCUT2D eigenvalue weighted by molar-refractivity contribution is 6.36. The third-order valence-electron chi connectivity index (χ3n) is 3.70. The second-order valence-corrected chi connectivity index (χ2v) is 5.70. The molecule has 0 atom stereocenters. The van der Waals surface area contributed by atoms with Gasteiger partial charge in [-0.2, -0.15) is 9.97 Å². The van der Waals surface area contributed by atoms with Crippen LogP contribution >= 0.6 is 11.6 Å². The van der Waals surface area contributed by atoms with Gasteiger partial charge in [0.05, 0.1) is 29.0 Å². The second kappa shape index (κ2) is 5.82. The molecule has 0 fully saturated rings. The number of hydrogen-bond acceptors (Lipinski definition) is 6. The van der Waals surface area contributed by atoms with E-state index in [0.717, 1.165) is 0 Å². The number of nitrogens with zero attached hydrogens (tertiary/aromatic N) is 4. The first-order chi connectivity index (χ1) is 12.0. The number of nitrogens with one attached hydrogen (secondary N) is 2. The van der Waals surface area contributed by atoms with Gasteiger partial charge < -0.3 is 15.0 Å². The third-order valence-corrected chi connectivity index (χ3v) is 3.97. The van der Waals surface area contributed by atoms with E-state index in [4.69, 9.17) is 16.3 Å². The maximum absolute atomic E-state index is 13.8. The minimum absolute atomic E-state index is 0.0444. The zero-order chi connectivity index (χ0) is 17.6. The van der Waals surface area contributed by atoms with Crippen molar-refractivity contribution in [2.45, 2.75) is 6.92 Å². The summed E-state index contributed by atoms with van der Waals surface area (Å²) in [4.78, 5) is 19.7. The summed E-state index contributed by atoms with van der Waals surface area (Å²) in [6.45, 7) is 1.77. The van der Waals surface area contributed by atoms with Crippen LogP contribution in [0.1, 0.15) is 5.82 Å². The molecule has 3 heterocycles. The van der Waals surface area contributed by atoms with Crippen LogP contribution in [-0.2, 0) is 0 Å². The quantitative estimate of drug-likeness (QED) is 0.541. The smallest absolute Gasteiger partial charge is 0.325 e. The molecule has 4 aromatic rings. The van der Waals surface area contributed by atoms with Crippen molar-refractivity contribution in [3.63, 3.8) is 0 Å². The fourth-order valence-electron chi connectivity index (χ4n) is 2.58. The molecule has 126 valence electrons. The van der Waals surface area contributed by atoms with Gasteiger partial charge in [0.2, 0.25) is 0 Å². The van der Waals surface area contributed by atoms with Gasteiger partial charge in [0.1, 0.15) is 22.4 Å². The first-order valence-electron chi connectivity index (χ1n) is 7.38. The average molecular weight is 359 g/mol. The SMILES string of the molecule is CNc1cc(F)cc2c1[nH]c1nc(Oc3cnc(C)nc3)nc(Cl)c12. The van der Waals surface area contributed by atoms with Crippen LogP contribution in [0.4, 0.5) is 10.1 Å². The van der Waals surface area contributed by atoms with Gasteiger partial charge in [0, 0.05) is 12.4 Å². The van der Waals surface area contributed by atoms with E-state index in [1.165, 1.54) is 24.5 Å². The summed E-state index contributed by atoms with van der Waals surface area (Å²) in [6, 6.07) is 2.82. The summed E-state index contributed by atoms with van der Waals surface area (Å²) >= 11 is 6.30. The summed E-state index contributed by atoms with van der Waals surface area (Å²) in [7, 11) is 1.71. The van der Waals surface area contributed by atoms with Crippen molar-refractivity contribution in [2.75, 3.05) is 12.4 Å². The zero-order valence-electron chi connectivity index (χ0n) is 13.3. The fourth-order valence-corrected chi connectivity index (χ4v) is 2.85. The number of fused-ring (bicyclic) bond motifs is 3. The Bertz CT molecular complexity index is 1100. The van der Waals surface area contributed by atoms with Crippen molar-refractivity contribution in [1.82, 2.24) is 24.9 Å². The Morgan fingerprint density at radius 1 is 1.20 bits per heavy atom.